The smallest absolute Gasteiger partial charge is 0.230 e. The third-order valence-electron chi connectivity index (χ3n) is 10.6. The number of hydrogen-bond acceptors (Lipinski definition) is 4. The van der Waals surface area contributed by atoms with Gasteiger partial charge in [-0.2, -0.15) is 0 Å². The maximum Gasteiger partial charge on any atom is 0.230 e. The zero-order chi connectivity index (χ0) is 38.4. The summed E-state index contributed by atoms with van der Waals surface area (Å²) in [6, 6.07) is 33.0. The van der Waals surface area contributed by atoms with Crippen LogP contribution in [0.3, 0.4) is 0 Å². The van der Waals surface area contributed by atoms with Gasteiger partial charge in [0.2, 0.25) is 12.7 Å². The van der Waals surface area contributed by atoms with Gasteiger partial charge in [-0.3, -0.25) is 14.4 Å². The third-order valence-corrected chi connectivity index (χ3v) is 13.6. The second-order valence-corrected chi connectivity index (χ2v) is 17.0. The summed E-state index contributed by atoms with van der Waals surface area (Å²) in [5, 5.41) is 0.418. The predicted molar refractivity (Wildman–Crippen MR) is 218 cm³/mol. The van der Waals surface area contributed by atoms with Gasteiger partial charge in [0.05, 0.1) is 0 Å². The number of aryl methyl sites for hydroxylation is 6. The van der Waals surface area contributed by atoms with Crippen LogP contribution in [-0.4, -0.2) is 17.1 Å². The van der Waals surface area contributed by atoms with Crippen molar-refractivity contribution in [1.82, 2.24) is 0 Å². The van der Waals surface area contributed by atoms with Crippen LogP contribution in [-0.2, 0) is 4.57 Å². The van der Waals surface area contributed by atoms with Crippen LogP contribution in [0.15, 0.2) is 109 Å². The minimum absolute atomic E-state index is 0.00145. The summed E-state index contributed by atoms with van der Waals surface area (Å²) in [5.74, 6) is -0.791. The monoisotopic (exact) mass is 716 g/mol. The minimum atomic E-state index is -4.42. The Morgan fingerprint density at radius 1 is 0.453 bits per heavy atom. The van der Waals surface area contributed by atoms with Crippen molar-refractivity contribution in [2.45, 2.75) is 62.3 Å². The number of carbonyl (C=O) groups is 3. The molecule has 6 aromatic rings. The Hall–Kier alpha value is -5.44. The van der Waals surface area contributed by atoms with Crippen LogP contribution in [0.5, 0.6) is 0 Å². The number of benzene rings is 6. The molecule has 53 heavy (non-hydrogen) atoms. The standard InChI is InChI=1S/C48H45O4P/c1-28-23-30(3)43(31(4)24-28)46(49)39-21-16-22-41(45(39)47(50)44-32(5)25-29(2)26-33(44)6)53(52,48(51)38-19-14-11-15-20-38)42-27-40(35(8)34(7)36(42)9)37-17-12-10-13-18-37/h10-27H,1-9H3. The van der Waals surface area contributed by atoms with Crippen LogP contribution in [0.2, 0.25) is 0 Å². The Labute approximate surface area is 313 Å². The summed E-state index contributed by atoms with van der Waals surface area (Å²) in [6.45, 7) is 17.4. The van der Waals surface area contributed by atoms with Crippen molar-refractivity contribution in [2.75, 3.05) is 0 Å². The van der Waals surface area contributed by atoms with Crippen LogP contribution < -0.4 is 10.6 Å². The summed E-state index contributed by atoms with van der Waals surface area (Å²) < 4.78 is 16.6. The predicted octanol–water partition coefficient (Wildman–Crippen LogP) is 10.7. The summed E-state index contributed by atoms with van der Waals surface area (Å²) in [7, 11) is -4.42. The molecule has 0 aliphatic carbocycles. The zero-order valence-corrected chi connectivity index (χ0v) is 32.9. The molecule has 1 atom stereocenters. The molecular formula is C48H45O4P. The van der Waals surface area contributed by atoms with E-state index in [0.29, 0.717) is 22.0 Å². The Morgan fingerprint density at radius 2 is 0.943 bits per heavy atom. The van der Waals surface area contributed by atoms with Gasteiger partial charge in [0.1, 0.15) is 0 Å². The van der Waals surface area contributed by atoms with Gasteiger partial charge in [0.25, 0.3) is 0 Å². The van der Waals surface area contributed by atoms with E-state index >= 15 is 14.2 Å². The lowest BCUT2D eigenvalue weighted by Gasteiger charge is -2.27. The van der Waals surface area contributed by atoms with E-state index in [4.69, 9.17) is 0 Å². The average Bonchev–Trinajstić information content (AvgIpc) is 3.12. The van der Waals surface area contributed by atoms with Crippen molar-refractivity contribution in [1.29, 1.82) is 0 Å². The number of hydrogen-bond donors (Lipinski definition) is 0. The van der Waals surface area contributed by atoms with Crippen molar-refractivity contribution in [3.8, 4) is 11.1 Å². The molecule has 0 saturated heterocycles. The number of ketones is 2. The largest absolute Gasteiger partial charge is 0.305 e. The van der Waals surface area contributed by atoms with E-state index in [0.717, 1.165) is 55.6 Å². The van der Waals surface area contributed by atoms with Gasteiger partial charge in [0, 0.05) is 38.4 Å². The molecule has 0 saturated carbocycles. The van der Waals surface area contributed by atoms with Crippen LogP contribution in [0.4, 0.5) is 0 Å². The molecule has 0 aliphatic heterocycles. The molecule has 5 heteroatoms. The van der Waals surface area contributed by atoms with E-state index in [1.807, 2.05) is 123 Å². The maximum absolute atomic E-state index is 16.6. The van der Waals surface area contributed by atoms with Crippen molar-refractivity contribution >= 4 is 34.8 Å². The fourth-order valence-corrected chi connectivity index (χ4v) is 10.9. The molecular weight excluding hydrogens is 671 g/mol. The molecule has 0 spiro atoms. The molecule has 266 valence electrons. The van der Waals surface area contributed by atoms with Gasteiger partial charge in [-0.05, 0) is 125 Å². The highest BCUT2D eigenvalue weighted by Gasteiger charge is 2.43. The Morgan fingerprint density at radius 3 is 1.47 bits per heavy atom. The lowest BCUT2D eigenvalue weighted by atomic mass is 9.87. The van der Waals surface area contributed by atoms with Crippen LogP contribution >= 0.6 is 7.14 Å². The molecule has 0 heterocycles. The van der Waals surface area contributed by atoms with Gasteiger partial charge in [0.15, 0.2) is 11.6 Å². The second-order valence-electron chi connectivity index (χ2n) is 14.4. The Bertz CT molecular complexity index is 2460. The highest BCUT2D eigenvalue weighted by atomic mass is 31.2. The molecule has 0 radical (unpaired) electrons. The van der Waals surface area contributed by atoms with Gasteiger partial charge in [-0.25, -0.2) is 0 Å². The molecule has 4 nitrogen and oxygen atoms in total. The average molecular weight is 717 g/mol. The van der Waals surface area contributed by atoms with Crippen LogP contribution in [0.1, 0.15) is 92.3 Å². The lowest BCUT2D eigenvalue weighted by molar-refractivity contribution is 0.100. The molecule has 1 unspecified atom stereocenters. The summed E-state index contributed by atoms with van der Waals surface area (Å²) in [6.07, 6.45) is 0. The van der Waals surface area contributed by atoms with Gasteiger partial charge < -0.3 is 4.57 Å². The lowest BCUT2D eigenvalue weighted by Crippen LogP contribution is -2.31. The van der Waals surface area contributed by atoms with E-state index in [2.05, 4.69) is 0 Å². The fourth-order valence-electron chi connectivity index (χ4n) is 7.95. The Kier molecular flexibility index (Phi) is 10.2. The first-order valence-corrected chi connectivity index (χ1v) is 19.6. The summed E-state index contributed by atoms with van der Waals surface area (Å²) >= 11 is 0. The van der Waals surface area contributed by atoms with Gasteiger partial charge in [-0.1, -0.05) is 108 Å². The third kappa shape index (κ3) is 6.58. The number of rotatable bonds is 9. The van der Waals surface area contributed by atoms with Gasteiger partial charge in [-0.15, -0.1) is 0 Å². The number of carbonyl (C=O) groups excluding carboxylic acids is 3. The van der Waals surface area contributed by atoms with Crippen LogP contribution in [0, 0.1) is 62.3 Å². The molecule has 6 rings (SSSR count). The molecule has 0 aliphatic rings. The fraction of sp³-hybridized carbons (Fsp3) is 0.188. The SMILES string of the molecule is Cc1cc(C)c(C(=O)c2cccc(P(=O)(C(=O)c3ccccc3)c3cc(-c4ccccc4)c(C)c(C)c3C)c2C(=O)c2c(C)cc(C)cc2C)c(C)c1. The maximum atomic E-state index is 16.6. The van der Waals surface area contributed by atoms with E-state index in [-0.39, 0.29) is 27.8 Å². The molecule has 0 fully saturated rings. The first-order chi connectivity index (χ1) is 25.2. The van der Waals surface area contributed by atoms with Crippen LogP contribution in [0.25, 0.3) is 11.1 Å². The van der Waals surface area contributed by atoms with Crippen molar-refractivity contribution < 1.29 is 18.9 Å². The topological polar surface area (TPSA) is 68.3 Å². The van der Waals surface area contributed by atoms with E-state index in [1.54, 1.807) is 48.5 Å². The highest BCUT2D eigenvalue weighted by molar-refractivity contribution is 7.93. The van der Waals surface area contributed by atoms with Crippen molar-refractivity contribution in [3.05, 3.63) is 187 Å². The second kappa shape index (κ2) is 14.5. The highest BCUT2D eigenvalue weighted by Crippen LogP contribution is 2.51. The normalized spacial score (nSPS) is 12.3. The van der Waals surface area contributed by atoms with E-state index < -0.39 is 18.4 Å². The molecule has 0 bridgehead atoms. The zero-order valence-electron chi connectivity index (χ0n) is 32.0. The van der Waals surface area contributed by atoms with Gasteiger partial charge >= 0.3 is 0 Å². The minimum Gasteiger partial charge on any atom is -0.305 e. The first kappa shape index (κ1) is 37.3. The van der Waals surface area contributed by atoms with E-state index in [1.165, 1.54) is 0 Å². The molecule has 0 amide bonds. The summed E-state index contributed by atoms with van der Waals surface area (Å²) in [5.41, 5.74) is 10.1. The molecule has 0 N–H and O–H groups in total. The Balaban J connectivity index is 1.78. The molecule has 6 aromatic carbocycles. The quantitative estimate of drug-likeness (QED) is 0.110. The first-order valence-electron chi connectivity index (χ1n) is 17.9. The van der Waals surface area contributed by atoms with Crippen molar-refractivity contribution in [2.24, 2.45) is 0 Å². The van der Waals surface area contributed by atoms with Crippen molar-refractivity contribution in [3.63, 3.8) is 0 Å². The van der Waals surface area contributed by atoms with E-state index in [9.17, 15) is 4.79 Å². The summed E-state index contributed by atoms with van der Waals surface area (Å²) in [4.78, 5) is 45.5. The molecule has 0 aromatic heterocycles.